The topological polar surface area (TPSA) is 61.9 Å². The van der Waals surface area contributed by atoms with Crippen LogP contribution in [0, 0.1) is 24.2 Å². The molecule has 3 heterocycles. The smallest absolute Gasteiger partial charge is 0.375 e. The van der Waals surface area contributed by atoms with Gasteiger partial charge in [0.25, 0.3) is 0 Å². The number of hydrogen-bond donors (Lipinski definition) is 0. The van der Waals surface area contributed by atoms with Crippen molar-refractivity contribution in [2.75, 3.05) is 13.1 Å². The zero-order valence-corrected chi connectivity index (χ0v) is 22.4. The van der Waals surface area contributed by atoms with Crippen LogP contribution < -0.4 is 0 Å². The van der Waals surface area contributed by atoms with Gasteiger partial charge in [-0.3, -0.25) is 4.79 Å². The lowest BCUT2D eigenvalue weighted by molar-refractivity contribution is -0.136. The first-order valence-electron chi connectivity index (χ1n) is 13.6. The van der Waals surface area contributed by atoms with Gasteiger partial charge in [0.15, 0.2) is 5.78 Å². The molecule has 2 aliphatic rings. The fourth-order valence-corrected chi connectivity index (χ4v) is 6.37. The highest BCUT2D eigenvalue weighted by Crippen LogP contribution is 2.43. The minimum absolute atomic E-state index is 0.0366. The van der Waals surface area contributed by atoms with Gasteiger partial charge in [0.1, 0.15) is 5.65 Å². The van der Waals surface area contributed by atoms with E-state index in [0.717, 1.165) is 25.9 Å². The Kier molecular flexibility index (Phi) is 7.28. The van der Waals surface area contributed by atoms with E-state index in [-0.39, 0.29) is 28.1 Å². The molecule has 5 rings (SSSR count). The van der Waals surface area contributed by atoms with Crippen molar-refractivity contribution in [3.63, 3.8) is 0 Å². The molecule has 1 saturated heterocycles. The van der Waals surface area contributed by atoms with E-state index in [1.54, 1.807) is 36.9 Å². The Balaban J connectivity index is 1.47. The molecule has 0 unspecified atom stereocenters. The standard InChI is InChI=1S/C31H33F3N4O/c1-19-8-9-23(14-24(19)16-35)27(39)15-25-17-36-30-28(29(25)31(32,33)34)26(18-37(30)3)22-10-12-38(13-11-22)20(2)21-6-4-5-7-21/h8-9,14,17-18,21-22H,2,4-7,10-13,15H2,1,3H3. The summed E-state index contributed by atoms with van der Waals surface area (Å²) in [6.45, 7) is 7.65. The Bertz CT molecular complexity index is 1470. The predicted molar refractivity (Wildman–Crippen MR) is 144 cm³/mol. The Morgan fingerprint density at radius 3 is 2.51 bits per heavy atom. The summed E-state index contributed by atoms with van der Waals surface area (Å²) in [4.78, 5) is 19.8. The lowest BCUT2D eigenvalue weighted by Gasteiger charge is -2.37. The predicted octanol–water partition coefficient (Wildman–Crippen LogP) is 7.08. The number of hydrogen-bond acceptors (Lipinski definition) is 4. The van der Waals surface area contributed by atoms with Crippen LogP contribution in [0.4, 0.5) is 13.2 Å². The number of ketones is 1. The lowest BCUT2D eigenvalue weighted by atomic mass is 9.86. The molecule has 0 spiro atoms. The molecule has 0 N–H and O–H groups in total. The molecular weight excluding hydrogens is 501 g/mol. The fourth-order valence-electron chi connectivity index (χ4n) is 6.37. The van der Waals surface area contributed by atoms with Crippen molar-refractivity contribution in [2.24, 2.45) is 13.0 Å². The molecule has 5 nitrogen and oxygen atoms in total. The summed E-state index contributed by atoms with van der Waals surface area (Å²) in [5.41, 5.74) is 2.44. The summed E-state index contributed by atoms with van der Waals surface area (Å²) in [7, 11) is 1.72. The number of alkyl halides is 3. The number of halogens is 3. The van der Waals surface area contributed by atoms with Crippen molar-refractivity contribution in [3.8, 4) is 6.07 Å². The first-order valence-corrected chi connectivity index (χ1v) is 13.6. The molecular formula is C31H33F3N4O. The molecule has 0 radical (unpaired) electrons. The van der Waals surface area contributed by atoms with Crippen LogP contribution in [0.5, 0.6) is 0 Å². The summed E-state index contributed by atoms with van der Waals surface area (Å²) in [5.74, 6) is 0.0119. The number of nitriles is 1. The molecule has 1 saturated carbocycles. The monoisotopic (exact) mass is 534 g/mol. The number of likely N-dealkylation sites (tertiary alicyclic amines) is 1. The van der Waals surface area contributed by atoms with Crippen molar-refractivity contribution < 1.29 is 18.0 Å². The van der Waals surface area contributed by atoms with E-state index in [4.69, 9.17) is 0 Å². The van der Waals surface area contributed by atoms with Crippen molar-refractivity contribution >= 4 is 16.8 Å². The molecule has 204 valence electrons. The molecule has 2 fully saturated rings. The largest absolute Gasteiger partial charge is 0.417 e. The number of rotatable bonds is 6. The van der Waals surface area contributed by atoms with E-state index < -0.39 is 23.9 Å². The number of fused-ring (bicyclic) bond motifs is 1. The SMILES string of the molecule is C=C(C1CCCC1)N1CCC(c2cn(C)c3ncc(CC(=O)c4ccc(C)c(C#N)c4)c(C(F)(F)F)c23)CC1. The fraction of sp³-hybridized carbons (Fsp3) is 0.452. The summed E-state index contributed by atoms with van der Waals surface area (Å²) in [6, 6.07) is 6.67. The number of piperidine rings is 1. The molecule has 1 aliphatic carbocycles. The van der Waals surface area contributed by atoms with Gasteiger partial charge in [-0.25, -0.2) is 4.98 Å². The summed E-state index contributed by atoms with van der Waals surface area (Å²) >= 11 is 0. The molecule has 39 heavy (non-hydrogen) atoms. The normalized spacial score (nSPS) is 17.1. The average Bonchev–Trinajstić information content (AvgIpc) is 3.56. The van der Waals surface area contributed by atoms with Gasteiger partial charge in [-0.15, -0.1) is 0 Å². The maximum Gasteiger partial charge on any atom is 0.417 e. The number of allylic oxidation sites excluding steroid dienone is 1. The first-order chi connectivity index (χ1) is 18.6. The van der Waals surface area contributed by atoms with Crippen molar-refractivity contribution in [1.82, 2.24) is 14.5 Å². The Morgan fingerprint density at radius 1 is 1.18 bits per heavy atom. The van der Waals surface area contributed by atoms with Gasteiger partial charge < -0.3 is 9.47 Å². The van der Waals surface area contributed by atoms with Crippen LogP contribution in [0.25, 0.3) is 11.0 Å². The van der Waals surface area contributed by atoms with Crippen LogP contribution in [0.3, 0.4) is 0 Å². The van der Waals surface area contributed by atoms with E-state index >= 15 is 0 Å². The third-order valence-corrected chi connectivity index (χ3v) is 8.57. The number of Topliss-reactive ketones (excluding diaryl/α,β-unsaturated/α-hetero) is 1. The van der Waals surface area contributed by atoms with Crippen LogP contribution in [0.15, 0.2) is 42.9 Å². The summed E-state index contributed by atoms with van der Waals surface area (Å²) in [5, 5.41) is 9.41. The van der Waals surface area contributed by atoms with Gasteiger partial charge >= 0.3 is 6.18 Å². The minimum Gasteiger partial charge on any atom is -0.375 e. The van der Waals surface area contributed by atoms with Gasteiger partial charge in [-0.05, 0) is 67.2 Å². The second-order valence-electron chi connectivity index (χ2n) is 11.0. The third kappa shape index (κ3) is 5.19. The van der Waals surface area contributed by atoms with Gasteiger partial charge in [-0.1, -0.05) is 31.6 Å². The van der Waals surface area contributed by atoms with Crippen LogP contribution >= 0.6 is 0 Å². The number of aryl methyl sites for hydroxylation is 2. The first kappa shape index (κ1) is 27.0. The van der Waals surface area contributed by atoms with E-state index in [1.165, 1.54) is 43.6 Å². The van der Waals surface area contributed by atoms with E-state index in [9.17, 15) is 23.2 Å². The Hall–Kier alpha value is -3.60. The van der Waals surface area contributed by atoms with E-state index in [1.807, 2.05) is 6.07 Å². The van der Waals surface area contributed by atoms with Crippen LogP contribution in [0.1, 0.15) is 82.6 Å². The van der Waals surface area contributed by atoms with Gasteiger partial charge in [0.2, 0.25) is 0 Å². The molecule has 0 atom stereocenters. The molecule has 8 heteroatoms. The van der Waals surface area contributed by atoms with Gasteiger partial charge in [-0.2, -0.15) is 18.4 Å². The van der Waals surface area contributed by atoms with Crippen molar-refractivity contribution in [1.29, 1.82) is 5.26 Å². The zero-order chi connectivity index (χ0) is 27.9. The third-order valence-electron chi connectivity index (χ3n) is 8.57. The maximum atomic E-state index is 14.7. The van der Waals surface area contributed by atoms with Crippen molar-refractivity contribution in [2.45, 2.75) is 64.0 Å². The number of carbonyl (C=O) groups excluding carboxylic acids is 1. The molecule has 1 aromatic carbocycles. The van der Waals surface area contributed by atoms with Crippen LogP contribution in [-0.4, -0.2) is 33.3 Å². The highest BCUT2D eigenvalue weighted by molar-refractivity contribution is 5.99. The number of nitrogens with zero attached hydrogens (tertiary/aromatic N) is 4. The summed E-state index contributed by atoms with van der Waals surface area (Å²) in [6.07, 6.45) is 4.15. The highest BCUT2D eigenvalue weighted by Gasteiger charge is 2.39. The zero-order valence-electron chi connectivity index (χ0n) is 22.4. The van der Waals surface area contributed by atoms with E-state index in [2.05, 4.69) is 16.5 Å². The second kappa shape index (κ2) is 10.5. The molecule has 1 aliphatic heterocycles. The number of pyridine rings is 1. The minimum atomic E-state index is -4.66. The highest BCUT2D eigenvalue weighted by atomic mass is 19.4. The van der Waals surface area contributed by atoms with Crippen LogP contribution in [0.2, 0.25) is 0 Å². The maximum absolute atomic E-state index is 14.7. The molecule has 0 bridgehead atoms. The number of benzene rings is 1. The lowest BCUT2D eigenvalue weighted by Crippen LogP contribution is -2.34. The Labute approximate surface area is 226 Å². The quantitative estimate of drug-likeness (QED) is 0.317. The van der Waals surface area contributed by atoms with Crippen LogP contribution in [-0.2, 0) is 19.6 Å². The average molecular weight is 535 g/mol. The molecule has 2 aromatic heterocycles. The summed E-state index contributed by atoms with van der Waals surface area (Å²) < 4.78 is 45.7. The van der Waals surface area contributed by atoms with Gasteiger partial charge in [0.05, 0.1) is 17.2 Å². The Morgan fingerprint density at radius 2 is 1.87 bits per heavy atom. The van der Waals surface area contributed by atoms with E-state index in [0.29, 0.717) is 22.6 Å². The molecule has 3 aromatic rings. The molecule has 0 amide bonds. The number of aromatic nitrogens is 2. The van der Waals surface area contributed by atoms with Crippen molar-refractivity contribution in [3.05, 3.63) is 76.2 Å². The van der Waals surface area contributed by atoms with Gasteiger partial charge in [0, 0.05) is 55.6 Å². The number of carbonyl (C=O) groups is 1. The second-order valence-corrected chi connectivity index (χ2v) is 11.0.